The summed E-state index contributed by atoms with van der Waals surface area (Å²) in [5, 5.41) is 13.6. The smallest absolute Gasteiger partial charge is 0.246 e. The maximum Gasteiger partial charge on any atom is 0.246 e. The fraction of sp³-hybridized carbons (Fsp3) is 0.370. The van der Waals surface area contributed by atoms with Crippen molar-refractivity contribution >= 4 is 23.1 Å². The molecule has 0 N–H and O–H groups in total. The van der Waals surface area contributed by atoms with Crippen molar-refractivity contribution in [2.75, 3.05) is 38.2 Å². The highest BCUT2D eigenvalue weighted by atomic mass is 16.5. The molecule has 0 saturated carbocycles. The average molecular weight is 498 g/mol. The quantitative estimate of drug-likeness (QED) is 0.497. The Morgan fingerprint density at radius 2 is 1.89 bits per heavy atom. The number of fused-ring (bicyclic) bond motifs is 3. The van der Waals surface area contributed by atoms with Gasteiger partial charge in [-0.3, -0.25) is 9.59 Å². The fourth-order valence-corrected chi connectivity index (χ4v) is 5.83. The minimum absolute atomic E-state index is 0.107. The van der Waals surface area contributed by atoms with Gasteiger partial charge in [-0.2, -0.15) is 10.4 Å². The van der Waals surface area contributed by atoms with Crippen molar-refractivity contribution in [1.29, 1.82) is 5.26 Å². The molecule has 10 heteroatoms. The number of carbonyl (C=O) groups excluding carboxylic acids is 2. The van der Waals surface area contributed by atoms with Gasteiger partial charge in [0.15, 0.2) is 0 Å². The predicted molar refractivity (Wildman–Crippen MR) is 136 cm³/mol. The van der Waals surface area contributed by atoms with Crippen LogP contribution in [0.2, 0.25) is 0 Å². The van der Waals surface area contributed by atoms with Crippen LogP contribution in [0.15, 0.2) is 49.4 Å². The third-order valence-corrected chi connectivity index (χ3v) is 7.78. The molecule has 3 fully saturated rings. The van der Waals surface area contributed by atoms with Crippen molar-refractivity contribution in [3.05, 3.63) is 55.0 Å². The van der Waals surface area contributed by atoms with Gasteiger partial charge in [0.1, 0.15) is 28.7 Å². The average Bonchev–Trinajstić information content (AvgIpc) is 3.44. The summed E-state index contributed by atoms with van der Waals surface area (Å²) >= 11 is 0. The summed E-state index contributed by atoms with van der Waals surface area (Å²) in [6.45, 7) is 5.99. The van der Waals surface area contributed by atoms with E-state index in [2.05, 4.69) is 27.5 Å². The molecule has 3 aromatic heterocycles. The molecule has 0 spiro atoms. The number of pyridine rings is 2. The number of carbonyl (C=O) groups is 2. The Morgan fingerprint density at radius 1 is 1.14 bits per heavy atom. The summed E-state index contributed by atoms with van der Waals surface area (Å²) in [7, 11) is 1.58. The van der Waals surface area contributed by atoms with Crippen molar-refractivity contribution in [3.8, 4) is 22.9 Å². The number of methoxy groups -OCH3 is 1. The number of hydrogen-bond donors (Lipinski definition) is 0. The number of hydrogen-bond acceptors (Lipinski definition) is 7. The number of likely N-dealkylation sites (tertiary alicyclic amines) is 1. The fourth-order valence-electron chi connectivity index (χ4n) is 5.83. The van der Waals surface area contributed by atoms with Crippen LogP contribution >= 0.6 is 0 Å². The van der Waals surface area contributed by atoms with Crippen LogP contribution in [-0.4, -0.2) is 81.6 Å². The minimum Gasteiger partial charge on any atom is -0.494 e. The van der Waals surface area contributed by atoms with Crippen LogP contribution in [0.4, 0.5) is 5.82 Å². The number of ether oxygens (including phenoxy) is 1. The summed E-state index contributed by atoms with van der Waals surface area (Å²) in [5.41, 5.74) is 2.90. The molecule has 2 bridgehead atoms. The predicted octanol–water partition coefficient (Wildman–Crippen LogP) is 2.10. The highest BCUT2D eigenvalue weighted by Crippen LogP contribution is 2.35. The lowest BCUT2D eigenvalue weighted by Gasteiger charge is -2.46. The van der Waals surface area contributed by atoms with Gasteiger partial charge in [0, 0.05) is 61.8 Å². The largest absolute Gasteiger partial charge is 0.494 e. The maximum absolute atomic E-state index is 13.2. The van der Waals surface area contributed by atoms with E-state index in [9.17, 15) is 14.9 Å². The molecule has 6 heterocycles. The highest BCUT2D eigenvalue weighted by Gasteiger charge is 2.47. The van der Waals surface area contributed by atoms with Gasteiger partial charge in [0.2, 0.25) is 11.8 Å². The van der Waals surface area contributed by atoms with Crippen LogP contribution in [0.25, 0.3) is 16.6 Å². The molecule has 3 aliphatic heterocycles. The second kappa shape index (κ2) is 8.92. The standard InChI is InChI=1S/C27H27N7O3/c1-3-25(35)32-12-20(13-32)27(36)34-21-5-6-22(34)16-31(15-21)24-7-4-17(10-29-24)18-8-23(37-2)26-19(9-28)11-30-33(26)14-18/h3-4,7-8,10-11,14,20-22H,1,5-6,12-13,15-16H2,2H3. The number of amides is 2. The molecule has 3 saturated heterocycles. The third-order valence-electron chi connectivity index (χ3n) is 7.78. The Kier molecular flexibility index (Phi) is 5.56. The molecule has 10 nitrogen and oxygen atoms in total. The number of anilines is 1. The number of aromatic nitrogens is 3. The lowest BCUT2D eigenvalue weighted by molar-refractivity contribution is -0.148. The van der Waals surface area contributed by atoms with Crippen molar-refractivity contribution in [2.45, 2.75) is 24.9 Å². The number of piperazine rings is 1. The van der Waals surface area contributed by atoms with Gasteiger partial charge >= 0.3 is 0 Å². The first-order valence-corrected chi connectivity index (χ1v) is 12.4. The van der Waals surface area contributed by atoms with E-state index in [-0.39, 0.29) is 29.8 Å². The molecule has 2 amide bonds. The van der Waals surface area contributed by atoms with E-state index in [1.165, 1.54) is 12.3 Å². The Morgan fingerprint density at radius 3 is 2.51 bits per heavy atom. The monoisotopic (exact) mass is 497 g/mol. The number of rotatable bonds is 5. The first-order chi connectivity index (χ1) is 18.0. The first kappa shape index (κ1) is 23.0. The normalized spacial score (nSPS) is 21.0. The molecule has 0 aromatic carbocycles. The van der Waals surface area contributed by atoms with Gasteiger partial charge in [-0.25, -0.2) is 9.50 Å². The SMILES string of the molecule is C=CC(=O)N1CC(C(=O)N2C3CCC2CN(c2ccc(-c4cc(OC)c5c(C#N)cnn5c4)cn2)C3)C1. The molecule has 2 atom stereocenters. The van der Waals surface area contributed by atoms with Gasteiger partial charge in [-0.05, 0) is 37.1 Å². The summed E-state index contributed by atoms with van der Waals surface area (Å²) in [4.78, 5) is 35.7. The van der Waals surface area contributed by atoms with Crippen LogP contribution in [0.1, 0.15) is 18.4 Å². The molecular formula is C27H27N7O3. The molecule has 3 aliphatic rings. The molecular weight excluding hydrogens is 470 g/mol. The molecule has 2 unspecified atom stereocenters. The number of nitriles is 1. The van der Waals surface area contributed by atoms with Gasteiger partial charge in [0.05, 0.1) is 19.2 Å². The second-order valence-electron chi connectivity index (χ2n) is 9.85. The molecule has 37 heavy (non-hydrogen) atoms. The van der Waals surface area contributed by atoms with Gasteiger partial charge < -0.3 is 19.4 Å². The second-order valence-corrected chi connectivity index (χ2v) is 9.85. The third kappa shape index (κ3) is 3.78. The highest BCUT2D eigenvalue weighted by molar-refractivity contribution is 5.90. The van der Waals surface area contributed by atoms with Gasteiger partial charge in [-0.1, -0.05) is 6.58 Å². The summed E-state index contributed by atoms with van der Waals surface area (Å²) in [6, 6.07) is 8.40. The molecule has 0 radical (unpaired) electrons. The van der Waals surface area contributed by atoms with Crippen LogP contribution in [0, 0.1) is 17.2 Å². The maximum atomic E-state index is 13.2. The topological polar surface area (TPSA) is 107 Å². The van der Waals surface area contributed by atoms with E-state index in [1.807, 2.05) is 30.6 Å². The zero-order chi connectivity index (χ0) is 25.7. The molecule has 3 aromatic rings. The minimum atomic E-state index is -0.110. The lowest BCUT2D eigenvalue weighted by atomic mass is 9.96. The Labute approximate surface area is 214 Å². The van der Waals surface area contributed by atoms with Crippen molar-refractivity contribution in [1.82, 2.24) is 24.4 Å². The summed E-state index contributed by atoms with van der Waals surface area (Å²) < 4.78 is 7.18. The Balaban J connectivity index is 1.16. The number of nitrogens with zero attached hydrogens (tertiary/aromatic N) is 7. The van der Waals surface area contributed by atoms with Crippen molar-refractivity contribution in [3.63, 3.8) is 0 Å². The van der Waals surface area contributed by atoms with Crippen LogP contribution in [0.5, 0.6) is 5.75 Å². The van der Waals surface area contributed by atoms with Crippen LogP contribution in [0.3, 0.4) is 0 Å². The van der Waals surface area contributed by atoms with E-state index >= 15 is 0 Å². The van der Waals surface area contributed by atoms with Gasteiger partial charge in [0.25, 0.3) is 0 Å². The lowest BCUT2D eigenvalue weighted by Crippen LogP contribution is -2.62. The van der Waals surface area contributed by atoms with E-state index in [4.69, 9.17) is 9.72 Å². The van der Waals surface area contributed by atoms with Crippen LogP contribution in [-0.2, 0) is 9.59 Å². The summed E-state index contributed by atoms with van der Waals surface area (Å²) in [5.74, 6) is 1.42. The molecule has 0 aliphatic carbocycles. The molecule has 188 valence electrons. The zero-order valence-electron chi connectivity index (χ0n) is 20.6. The van der Waals surface area contributed by atoms with E-state index < -0.39 is 0 Å². The first-order valence-electron chi connectivity index (χ1n) is 12.4. The van der Waals surface area contributed by atoms with E-state index in [0.29, 0.717) is 29.9 Å². The van der Waals surface area contributed by atoms with Crippen LogP contribution < -0.4 is 9.64 Å². The molecule has 6 rings (SSSR count). The zero-order valence-corrected chi connectivity index (χ0v) is 20.6. The van der Waals surface area contributed by atoms with E-state index in [0.717, 1.165) is 42.9 Å². The van der Waals surface area contributed by atoms with Crippen molar-refractivity contribution < 1.29 is 14.3 Å². The van der Waals surface area contributed by atoms with Gasteiger partial charge in [-0.15, -0.1) is 0 Å². The Hall–Kier alpha value is -4.39. The Bertz CT molecular complexity index is 1420. The van der Waals surface area contributed by atoms with E-state index in [1.54, 1.807) is 16.5 Å². The summed E-state index contributed by atoms with van der Waals surface area (Å²) in [6.07, 6.45) is 8.51. The van der Waals surface area contributed by atoms with Crippen molar-refractivity contribution in [2.24, 2.45) is 5.92 Å².